The van der Waals surface area contributed by atoms with Crippen LogP contribution in [0.25, 0.3) is 0 Å². The van der Waals surface area contributed by atoms with Crippen LogP contribution in [0.5, 0.6) is 5.75 Å². The molecule has 1 atom stereocenters. The fraction of sp³-hybridized carbons (Fsp3) is 0.571. The molecule has 0 bridgehead atoms. The molecular formula is C14H20N2O3S2. The van der Waals surface area contributed by atoms with Gasteiger partial charge in [0.2, 0.25) is 10.0 Å². The number of hydrogen-bond donors (Lipinski definition) is 0. The van der Waals surface area contributed by atoms with Crippen LogP contribution in [0.4, 0.5) is 5.69 Å². The Morgan fingerprint density at radius 1 is 1.29 bits per heavy atom. The maximum absolute atomic E-state index is 12.9. The van der Waals surface area contributed by atoms with Crippen molar-refractivity contribution >= 4 is 27.5 Å². The molecule has 7 heteroatoms. The second-order valence-electron chi connectivity index (χ2n) is 5.39. The zero-order chi connectivity index (χ0) is 15.0. The van der Waals surface area contributed by atoms with Gasteiger partial charge in [0.25, 0.3) is 0 Å². The topological polar surface area (TPSA) is 49.9 Å². The van der Waals surface area contributed by atoms with E-state index in [1.807, 2.05) is 30.8 Å². The summed E-state index contributed by atoms with van der Waals surface area (Å²) in [5, 5.41) is 0. The SMILES string of the molecule is C[C@H]1COc2cccc(N3CCSCC3)c2S(=O)(=O)N1C. The lowest BCUT2D eigenvalue weighted by molar-refractivity contribution is 0.241. The molecule has 0 unspecified atom stereocenters. The van der Waals surface area contributed by atoms with E-state index in [2.05, 4.69) is 4.90 Å². The van der Waals surface area contributed by atoms with Gasteiger partial charge < -0.3 is 9.64 Å². The summed E-state index contributed by atoms with van der Waals surface area (Å²) < 4.78 is 33.0. The van der Waals surface area contributed by atoms with E-state index in [1.165, 1.54) is 4.31 Å². The van der Waals surface area contributed by atoms with Crippen molar-refractivity contribution in [2.75, 3.05) is 43.1 Å². The maximum Gasteiger partial charge on any atom is 0.248 e. The van der Waals surface area contributed by atoms with Crippen molar-refractivity contribution in [2.45, 2.75) is 17.9 Å². The largest absolute Gasteiger partial charge is 0.490 e. The highest BCUT2D eigenvalue weighted by atomic mass is 32.2. The first-order valence-electron chi connectivity index (χ1n) is 7.08. The second-order valence-corrected chi connectivity index (χ2v) is 8.54. The molecule has 2 heterocycles. The van der Waals surface area contributed by atoms with Crippen LogP contribution < -0.4 is 9.64 Å². The first-order chi connectivity index (χ1) is 10.0. The van der Waals surface area contributed by atoms with Crippen molar-refractivity contribution in [2.24, 2.45) is 0 Å². The van der Waals surface area contributed by atoms with Gasteiger partial charge >= 0.3 is 0 Å². The van der Waals surface area contributed by atoms with Crippen molar-refractivity contribution in [1.29, 1.82) is 0 Å². The van der Waals surface area contributed by atoms with Crippen molar-refractivity contribution in [1.82, 2.24) is 4.31 Å². The van der Waals surface area contributed by atoms with Gasteiger partial charge in [-0.15, -0.1) is 0 Å². The molecule has 1 fully saturated rings. The lowest BCUT2D eigenvalue weighted by Crippen LogP contribution is -2.38. The summed E-state index contributed by atoms with van der Waals surface area (Å²) in [4.78, 5) is 2.48. The highest BCUT2D eigenvalue weighted by molar-refractivity contribution is 7.99. The van der Waals surface area contributed by atoms with E-state index in [9.17, 15) is 8.42 Å². The number of hydrogen-bond acceptors (Lipinski definition) is 5. The molecule has 116 valence electrons. The highest BCUT2D eigenvalue weighted by Crippen LogP contribution is 2.38. The van der Waals surface area contributed by atoms with Gasteiger partial charge in [-0.25, -0.2) is 8.42 Å². The van der Waals surface area contributed by atoms with Crippen LogP contribution in [0.3, 0.4) is 0 Å². The number of fused-ring (bicyclic) bond motifs is 1. The average molecular weight is 328 g/mol. The summed E-state index contributed by atoms with van der Waals surface area (Å²) in [7, 11) is -1.90. The summed E-state index contributed by atoms with van der Waals surface area (Å²) in [6.07, 6.45) is 0. The smallest absolute Gasteiger partial charge is 0.248 e. The fourth-order valence-electron chi connectivity index (χ4n) is 2.63. The Kier molecular flexibility index (Phi) is 4.07. The minimum Gasteiger partial charge on any atom is -0.490 e. The summed E-state index contributed by atoms with van der Waals surface area (Å²) in [5.41, 5.74) is 0.772. The monoisotopic (exact) mass is 328 g/mol. The van der Waals surface area contributed by atoms with E-state index >= 15 is 0 Å². The molecule has 1 saturated heterocycles. The fourth-order valence-corrected chi connectivity index (χ4v) is 5.20. The lowest BCUT2D eigenvalue weighted by atomic mass is 10.2. The Morgan fingerprint density at radius 3 is 2.71 bits per heavy atom. The molecule has 0 saturated carbocycles. The molecule has 0 aromatic heterocycles. The normalized spacial score (nSPS) is 25.8. The zero-order valence-corrected chi connectivity index (χ0v) is 13.9. The number of sulfonamides is 1. The first kappa shape index (κ1) is 15.0. The molecule has 1 aromatic rings. The Morgan fingerprint density at radius 2 is 2.00 bits per heavy atom. The van der Waals surface area contributed by atoms with Gasteiger partial charge in [-0.2, -0.15) is 16.1 Å². The van der Waals surface area contributed by atoms with Gasteiger partial charge in [0.05, 0.1) is 11.7 Å². The number of thioether (sulfide) groups is 1. The molecule has 0 amide bonds. The molecule has 5 nitrogen and oxygen atoms in total. The van der Waals surface area contributed by atoms with Crippen molar-refractivity contribution in [3.05, 3.63) is 18.2 Å². The van der Waals surface area contributed by atoms with Crippen LogP contribution in [0, 0.1) is 0 Å². The summed E-state index contributed by atoms with van der Waals surface area (Å²) in [5.74, 6) is 2.52. The van der Waals surface area contributed by atoms with Gasteiger partial charge in [-0.3, -0.25) is 0 Å². The predicted octanol–water partition coefficient (Wildman–Crippen LogP) is 1.64. The highest BCUT2D eigenvalue weighted by Gasteiger charge is 2.35. The number of likely N-dealkylation sites (N-methyl/N-ethyl adjacent to an activating group) is 1. The molecule has 0 radical (unpaired) electrons. The third-order valence-corrected chi connectivity index (χ3v) is 7.03. The van der Waals surface area contributed by atoms with Crippen LogP contribution in [-0.2, 0) is 10.0 Å². The van der Waals surface area contributed by atoms with Crippen molar-refractivity contribution in [3.8, 4) is 5.75 Å². The Bertz CT molecular complexity index is 627. The van der Waals surface area contributed by atoms with Crippen LogP contribution in [-0.4, -0.2) is 57.0 Å². The number of nitrogens with zero attached hydrogens (tertiary/aromatic N) is 2. The minimum atomic E-state index is -3.53. The van der Waals surface area contributed by atoms with E-state index in [4.69, 9.17) is 4.74 Å². The molecule has 0 spiro atoms. The maximum atomic E-state index is 12.9. The van der Waals surface area contributed by atoms with E-state index in [0.717, 1.165) is 30.3 Å². The first-order valence-corrected chi connectivity index (χ1v) is 9.68. The summed E-state index contributed by atoms with van der Waals surface area (Å²) >= 11 is 1.90. The average Bonchev–Trinajstić information content (AvgIpc) is 2.59. The van der Waals surface area contributed by atoms with Crippen LogP contribution in [0.15, 0.2) is 23.1 Å². The molecular weight excluding hydrogens is 308 g/mol. The number of anilines is 1. The Labute approximate surface area is 130 Å². The van der Waals surface area contributed by atoms with E-state index in [-0.39, 0.29) is 6.04 Å². The van der Waals surface area contributed by atoms with Crippen LogP contribution >= 0.6 is 11.8 Å². The predicted molar refractivity (Wildman–Crippen MR) is 85.9 cm³/mol. The Hall–Kier alpha value is -0.920. The van der Waals surface area contributed by atoms with Gasteiger partial charge in [0.1, 0.15) is 17.3 Å². The molecule has 2 aliphatic heterocycles. The molecule has 3 rings (SSSR count). The van der Waals surface area contributed by atoms with Crippen LogP contribution in [0.2, 0.25) is 0 Å². The van der Waals surface area contributed by atoms with Crippen molar-refractivity contribution in [3.63, 3.8) is 0 Å². The molecule has 2 aliphatic rings. The second kappa shape index (κ2) is 5.70. The quantitative estimate of drug-likeness (QED) is 0.784. The number of ether oxygens (including phenoxy) is 1. The third-order valence-electron chi connectivity index (χ3n) is 4.05. The van der Waals surface area contributed by atoms with Gasteiger partial charge in [-0.1, -0.05) is 6.07 Å². The Balaban J connectivity index is 2.13. The van der Waals surface area contributed by atoms with Crippen LogP contribution in [0.1, 0.15) is 6.92 Å². The third kappa shape index (κ3) is 2.62. The lowest BCUT2D eigenvalue weighted by Gasteiger charge is -2.31. The molecule has 21 heavy (non-hydrogen) atoms. The molecule has 0 N–H and O–H groups in total. The van der Waals surface area contributed by atoms with E-state index in [1.54, 1.807) is 13.1 Å². The minimum absolute atomic E-state index is 0.174. The van der Waals surface area contributed by atoms with Gasteiger partial charge in [0, 0.05) is 31.6 Å². The molecule has 1 aromatic carbocycles. The van der Waals surface area contributed by atoms with Crippen molar-refractivity contribution < 1.29 is 13.2 Å². The van der Waals surface area contributed by atoms with E-state index in [0.29, 0.717) is 17.3 Å². The van der Waals surface area contributed by atoms with Gasteiger partial charge in [-0.05, 0) is 19.1 Å². The summed E-state index contributed by atoms with van der Waals surface area (Å²) in [6, 6.07) is 5.34. The number of benzene rings is 1. The zero-order valence-electron chi connectivity index (χ0n) is 12.3. The standard InChI is InChI=1S/C14H20N2O3S2/c1-11-10-19-13-5-3-4-12(16-6-8-20-9-7-16)14(13)21(17,18)15(11)2/h3-5,11H,6-10H2,1-2H3/t11-/m0/s1. The van der Waals surface area contributed by atoms with E-state index < -0.39 is 10.0 Å². The number of rotatable bonds is 1. The summed E-state index contributed by atoms with van der Waals surface area (Å²) in [6.45, 7) is 3.98. The molecule has 0 aliphatic carbocycles. The van der Waals surface area contributed by atoms with Gasteiger partial charge in [0.15, 0.2) is 0 Å².